The van der Waals surface area contributed by atoms with Crippen LogP contribution in [0.4, 0.5) is 10.1 Å². The molecular formula is C31H38FN3O4S. The van der Waals surface area contributed by atoms with E-state index in [2.05, 4.69) is 5.32 Å². The smallest absolute Gasteiger partial charge is 0.244 e. The van der Waals surface area contributed by atoms with Crippen LogP contribution in [0.15, 0.2) is 72.8 Å². The van der Waals surface area contributed by atoms with Crippen molar-refractivity contribution in [3.8, 4) is 0 Å². The molecule has 0 radical (unpaired) electrons. The van der Waals surface area contributed by atoms with Gasteiger partial charge in [-0.15, -0.1) is 0 Å². The first-order valence-electron chi connectivity index (χ1n) is 13.4. The normalized spacial score (nSPS) is 12.0. The number of anilines is 1. The summed E-state index contributed by atoms with van der Waals surface area (Å²) in [6.45, 7) is 5.38. The molecule has 0 heterocycles. The standard InChI is InChI=1S/C31H38FN3O4S/c1-5-6-18-33-31(37)29(20-25-12-8-7-9-13-25)34(21-26-14-10-11-15-27(26)32)30(36)22-35(40(4,38)39)28-17-16-23(2)19-24(28)3/h7-17,19,29H,5-6,18,20-22H2,1-4H3,(H,33,37). The second-order valence-electron chi connectivity index (χ2n) is 10.0. The van der Waals surface area contributed by atoms with Gasteiger partial charge in [-0.1, -0.05) is 79.6 Å². The predicted molar refractivity (Wildman–Crippen MR) is 157 cm³/mol. The van der Waals surface area contributed by atoms with Crippen molar-refractivity contribution in [3.05, 3.63) is 101 Å². The number of carbonyl (C=O) groups excluding carboxylic acids is 2. The number of aryl methyl sites for hydroxylation is 2. The van der Waals surface area contributed by atoms with Crippen LogP contribution in [0.5, 0.6) is 0 Å². The van der Waals surface area contributed by atoms with E-state index in [-0.39, 0.29) is 24.4 Å². The van der Waals surface area contributed by atoms with Crippen molar-refractivity contribution in [2.75, 3.05) is 23.7 Å². The number of sulfonamides is 1. The number of nitrogens with one attached hydrogen (secondary N) is 1. The zero-order chi connectivity index (χ0) is 29.3. The van der Waals surface area contributed by atoms with E-state index in [4.69, 9.17) is 0 Å². The number of halogens is 1. The highest BCUT2D eigenvalue weighted by Gasteiger charge is 2.33. The zero-order valence-corrected chi connectivity index (χ0v) is 24.4. The van der Waals surface area contributed by atoms with Crippen molar-refractivity contribution in [2.24, 2.45) is 0 Å². The zero-order valence-electron chi connectivity index (χ0n) is 23.6. The molecule has 0 aliphatic rings. The number of hydrogen-bond acceptors (Lipinski definition) is 4. The molecule has 7 nitrogen and oxygen atoms in total. The summed E-state index contributed by atoms with van der Waals surface area (Å²) in [7, 11) is -3.87. The molecule has 1 N–H and O–H groups in total. The summed E-state index contributed by atoms with van der Waals surface area (Å²) < 4.78 is 41.7. The number of benzene rings is 3. The van der Waals surface area contributed by atoms with Gasteiger partial charge in [-0.05, 0) is 43.5 Å². The van der Waals surface area contributed by atoms with E-state index in [9.17, 15) is 22.4 Å². The van der Waals surface area contributed by atoms with Crippen molar-refractivity contribution in [1.82, 2.24) is 10.2 Å². The maximum atomic E-state index is 14.8. The van der Waals surface area contributed by atoms with Crippen LogP contribution in [-0.2, 0) is 32.6 Å². The molecule has 0 aliphatic carbocycles. The van der Waals surface area contributed by atoms with Gasteiger partial charge < -0.3 is 10.2 Å². The molecule has 1 atom stereocenters. The van der Waals surface area contributed by atoms with Gasteiger partial charge in [-0.25, -0.2) is 12.8 Å². The van der Waals surface area contributed by atoms with Crippen molar-refractivity contribution in [2.45, 2.75) is 52.6 Å². The Morgan fingerprint density at radius 3 is 2.27 bits per heavy atom. The van der Waals surface area contributed by atoms with Gasteiger partial charge in [0.15, 0.2) is 0 Å². The summed E-state index contributed by atoms with van der Waals surface area (Å²) in [6.07, 6.45) is 2.86. The Kier molecular flexibility index (Phi) is 10.8. The Morgan fingerprint density at radius 2 is 1.65 bits per heavy atom. The lowest BCUT2D eigenvalue weighted by atomic mass is 10.0. The summed E-state index contributed by atoms with van der Waals surface area (Å²) in [6, 6.07) is 19.6. The molecule has 0 saturated carbocycles. The van der Waals surface area contributed by atoms with Crippen molar-refractivity contribution < 1.29 is 22.4 Å². The maximum absolute atomic E-state index is 14.8. The summed E-state index contributed by atoms with van der Waals surface area (Å²) >= 11 is 0. The van der Waals surface area contributed by atoms with Crippen LogP contribution in [0, 0.1) is 19.7 Å². The number of unbranched alkanes of at least 4 members (excludes halogenated alkanes) is 1. The molecule has 3 aromatic rings. The minimum absolute atomic E-state index is 0.182. The number of hydrogen-bond donors (Lipinski definition) is 1. The van der Waals surface area contributed by atoms with Crippen LogP contribution in [0.3, 0.4) is 0 Å². The molecule has 214 valence electrons. The van der Waals surface area contributed by atoms with E-state index >= 15 is 0 Å². The van der Waals surface area contributed by atoms with Gasteiger partial charge in [0.1, 0.15) is 18.4 Å². The largest absolute Gasteiger partial charge is 0.354 e. The lowest BCUT2D eigenvalue weighted by Gasteiger charge is -2.34. The fourth-order valence-electron chi connectivity index (χ4n) is 4.55. The van der Waals surface area contributed by atoms with Crippen molar-refractivity contribution >= 4 is 27.5 Å². The molecule has 0 aromatic heterocycles. The molecule has 0 saturated heterocycles. The number of rotatable bonds is 13. The van der Waals surface area contributed by atoms with Gasteiger partial charge in [0.25, 0.3) is 0 Å². The van der Waals surface area contributed by atoms with Gasteiger partial charge in [0.05, 0.1) is 11.9 Å². The molecule has 1 unspecified atom stereocenters. The van der Waals surface area contributed by atoms with Crippen LogP contribution in [-0.4, -0.2) is 50.5 Å². The van der Waals surface area contributed by atoms with Crippen LogP contribution in [0.2, 0.25) is 0 Å². The van der Waals surface area contributed by atoms with E-state index in [1.54, 1.807) is 37.3 Å². The number of nitrogens with zero attached hydrogens (tertiary/aromatic N) is 2. The second-order valence-corrected chi connectivity index (χ2v) is 11.9. The molecule has 3 aromatic carbocycles. The molecule has 0 bridgehead atoms. The first-order chi connectivity index (χ1) is 19.0. The Morgan fingerprint density at radius 1 is 0.975 bits per heavy atom. The molecule has 0 aliphatic heterocycles. The van der Waals surface area contributed by atoms with Crippen LogP contribution in [0.25, 0.3) is 0 Å². The van der Waals surface area contributed by atoms with Gasteiger partial charge in [-0.3, -0.25) is 13.9 Å². The predicted octanol–water partition coefficient (Wildman–Crippen LogP) is 4.76. The average molecular weight is 568 g/mol. The minimum Gasteiger partial charge on any atom is -0.354 e. The van der Waals surface area contributed by atoms with Crippen molar-refractivity contribution in [1.29, 1.82) is 0 Å². The molecular weight excluding hydrogens is 529 g/mol. The highest BCUT2D eigenvalue weighted by Crippen LogP contribution is 2.25. The van der Waals surface area contributed by atoms with E-state index in [1.807, 2.05) is 50.2 Å². The molecule has 0 fully saturated rings. The Hall–Kier alpha value is -3.72. The summed E-state index contributed by atoms with van der Waals surface area (Å²) in [5, 5.41) is 2.91. The lowest BCUT2D eigenvalue weighted by Crippen LogP contribution is -2.53. The Balaban J connectivity index is 2.06. The van der Waals surface area contributed by atoms with Crippen LogP contribution in [0.1, 0.15) is 42.0 Å². The van der Waals surface area contributed by atoms with E-state index in [1.165, 1.54) is 11.0 Å². The first-order valence-corrected chi connectivity index (χ1v) is 15.3. The Bertz CT molecular complexity index is 1410. The lowest BCUT2D eigenvalue weighted by molar-refractivity contribution is -0.140. The molecule has 40 heavy (non-hydrogen) atoms. The number of amides is 2. The fraction of sp³-hybridized carbons (Fsp3) is 0.355. The van der Waals surface area contributed by atoms with E-state index in [0.29, 0.717) is 17.8 Å². The van der Waals surface area contributed by atoms with Gasteiger partial charge in [0, 0.05) is 25.1 Å². The van der Waals surface area contributed by atoms with Crippen LogP contribution >= 0.6 is 0 Å². The van der Waals surface area contributed by atoms with E-state index < -0.39 is 34.3 Å². The van der Waals surface area contributed by atoms with Gasteiger partial charge in [0.2, 0.25) is 21.8 Å². The summed E-state index contributed by atoms with van der Waals surface area (Å²) in [5.41, 5.74) is 3.07. The van der Waals surface area contributed by atoms with Gasteiger partial charge in [-0.2, -0.15) is 0 Å². The first kappa shape index (κ1) is 30.8. The van der Waals surface area contributed by atoms with E-state index in [0.717, 1.165) is 34.5 Å². The highest BCUT2D eigenvalue weighted by molar-refractivity contribution is 7.92. The summed E-state index contributed by atoms with van der Waals surface area (Å²) in [5.74, 6) is -1.50. The molecule has 9 heteroatoms. The third-order valence-electron chi connectivity index (χ3n) is 6.70. The third-order valence-corrected chi connectivity index (χ3v) is 7.83. The highest BCUT2D eigenvalue weighted by atomic mass is 32.2. The summed E-state index contributed by atoms with van der Waals surface area (Å²) in [4.78, 5) is 28.9. The third kappa shape index (κ3) is 8.39. The molecule has 2 amide bonds. The fourth-order valence-corrected chi connectivity index (χ4v) is 5.46. The van der Waals surface area contributed by atoms with Gasteiger partial charge >= 0.3 is 0 Å². The molecule has 3 rings (SSSR count). The molecule has 0 spiro atoms. The maximum Gasteiger partial charge on any atom is 0.244 e. The topological polar surface area (TPSA) is 86.8 Å². The Labute approximate surface area is 237 Å². The SMILES string of the molecule is CCCCNC(=O)C(Cc1ccccc1)N(Cc1ccccc1F)C(=O)CN(c1ccc(C)cc1C)S(C)(=O)=O. The van der Waals surface area contributed by atoms with Crippen LogP contribution < -0.4 is 9.62 Å². The number of carbonyl (C=O) groups is 2. The minimum atomic E-state index is -3.87. The monoisotopic (exact) mass is 567 g/mol. The quantitative estimate of drug-likeness (QED) is 0.302. The average Bonchev–Trinajstić information content (AvgIpc) is 2.90. The van der Waals surface area contributed by atoms with Crippen molar-refractivity contribution in [3.63, 3.8) is 0 Å². The second kappa shape index (κ2) is 14.1.